The van der Waals surface area contributed by atoms with E-state index >= 15 is 0 Å². The lowest BCUT2D eigenvalue weighted by Crippen LogP contribution is -2.48. The summed E-state index contributed by atoms with van der Waals surface area (Å²) < 4.78 is 6.17. The largest absolute Gasteiger partial charge is 0.444 e. The zero-order valence-electron chi connectivity index (χ0n) is 15.2. The van der Waals surface area contributed by atoms with Crippen LogP contribution in [-0.2, 0) is 14.9 Å². The minimum atomic E-state index is -0.666. The second kappa shape index (κ2) is 8.01. The van der Waals surface area contributed by atoms with E-state index in [9.17, 15) is 9.59 Å². The van der Waals surface area contributed by atoms with E-state index in [2.05, 4.69) is 40.4 Å². The minimum Gasteiger partial charge on any atom is -0.444 e. The zero-order valence-corrected chi connectivity index (χ0v) is 16.8. The van der Waals surface area contributed by atoms with Crippen LogP contribution in [0.3, 0.4) is 0 Å². The van der Waals surface area contributed by atoms with Crippen LogP contribution < -0.4 is 10.6 Å². The molecule has 0 heterocycles. The minimum absolute atomic E-state index is 0.220. The van der Waals surface area contributed by atoms with Crippen LogP contribution in [0.25, 0.3) is 0 Å². The monoisotopic (exact) mass is 398 g/mol. The molecule has 134 valence electrons. The molecule has 24 heavy (non-hydrogen) atoms. The van der Waals surface area contributed by atoms with Crippen LogP contribution >= 0.6 is 15.9 Å². The normalized spacial score (nSPS) is 13.1. The van der Waals surface area contributed by atoms with Gasteiger partial charge in [0.05, 0.1) is 0 Å². The molecule has 0 aliphatic carbocycles. The van der Waals surface area contributed by atoms with Crippen molar-refractivity contribution in [2.75, 3.05) is 6.54 Å². The number of alkyl carbamates (subject to hydrolysis) is 1. The van der Waals surface area contributed by atoms with Gasteiger partial charge in [-0.25, -0.2) is 4.79 Å². The van der Waals surface area contributed by atoms with Gasteiger partial charge in [0, 0.05) is 16.4 Å². The van der Waals surface area contributed by atoms with Crippen LogP contribution in [0.15, 0.2) is 28.7 Å². The smallest absolute Gasteiger partial charge is 0.408 e. The Labute approximate surface area is 152 Å². The lowest BCUT2D eigenvalue weighted by atomic mass is 9.84. The van der Waals surface area contributed by atoms with E-state index in [-0.39, 0.29) is 11.3 Å². The Kier molecular flexibility index (Phi) is 6.84. The van der Waals surface area contributed by atoms with E-state index in [1.807, 2.05) is 24.3 Å². The summed E-state index contributed by atoms with van der Waals surface area (Å²) in [4.78, 5) is 23.9. The van der Waals surface area contributed by atoms with Crippen LogP contribution in [0, 0.1) is 0 Å². The summed E-state index contributed by atoms with van der Waals surface area (Å²) in [5.74, 6) is -0.244. The Morgan fingerprint density at radius 1 is 1.12 bits per heavy atom. The van der Waals surface area contributed by atoms with Crippen molar-refractivity contribution in [3.8, 4) is 0 Å². The first-order valence-electron chi connectivity index (χ1n) is 7.94. The van der Waals surface area contributed by atoms with Gasteiger partial charge in [0.1, 0.15) is 11.6 Å². The Hall–Kier alpha value is -1.56. The maximum Gasteiger partial charge on any atom is 0.408 e. The molecule has 0 aliphatic heterocycles. The molecule has 2 N–H and O–H groups in total. The van der Waals surface area contributed by atoms with Gasteiger partial charge in [-0.15, -0.1) is 0 Å². The maximum atomic E-state index is 12.2. The first-order valence-corrected chi connectivity index (χ1v) is 8.73. The van der Waals surface area contributed by atoms with Crippen molar-refractivity contribution >= 4 is 27.9 Å². The van der Waals surface area contributed by atoms with Gasteiger partial charge in [-0.2, -0.15) is 0 Å². The van der Waals surface area contributed by atoms with E-state index in [0.717, 1.165) is 10.0 Å². The molecule has 1 unspecified atom stereocenters. The summed E-state index contributed by atoms with van der Waals surface area (Å²) in [6.07, 6.45) is -0.600. The van der Waals surface area contributed by atoms with Gasteiger partial charge in [0.2, 0.25) is 5.91 Å². The average molecular weight is 399 g/mol. The predicted molar refractivity (Wildman–Crippen MR) is 99.0 cm³/mol. The maximum absolute atomic E-state index is 12.2. The Balaban J connectivity index is 2.55. The number of ether oxygens (including phenoxy) is 1. The molecular weight excluding hydrogens is 372 g/mol. The van der Waals surface area contributed by atoms with Crippen LogP contribution in [0.1, 0.15) is 47.1 Å². The van der Waals surface area contributed by atoms with Gasteiger partial charge < -0.3 is 15.4 Å². The molecule has 5 nitrogen and oxygen atoms in total. The van der Waals surface area contributed by atoms with Gasteiger partial charge >= 0.3 is 6.09 Å². The Morgan fingerprint density at radius 3 is 2.17 bits per heavy atom. The number of benzene rings is 1. The third-order valence-corrected chi connectivity index (χ3v) is 3.99. The average Bonchev–Trinajstić information content (AvgIpc) is 2.43. The Bertz CT molecular complexity index is 577. The molecule has 0 aliphatic rings. The summed E-state index contributed by atoms with van der Waals surface area (Å²) in [7, 11) is 0. The van der Waals surface area contributed by atoms with Crippen LogP contribution in [0.5, 0.6) is 0 Å². The van der Waals surface area contributed by atoms with Gasteiger partial charge in [-0.1, -0.05) is 41.9 Å². The molecule has 1 aromatic rings. The highest BCUT2D eigenvalue weighted by atomic mass is 79.9. The molecule has 1 aromatic carbocycles. The van der Waals surface area contributed by atoms with Crippen LogP contribution in [0.4, 0.5) is 4.79 Å². The third kappa shape index (κ3) is 6.91. The lowest BCUT2D eigenvalue weighted by molar-refractivity contribution is -0.123. The molecule has 0 fully saturated rings. The quantitative estimate of drug-likeness (QED) is 0.793. The fourth-order valence-electron chi connectivity index (χ4n) is 2.01. The van der Waals surface area contributed by atoms with Crippen molar-refractivity contribution in [2.24, 2.45) is 0 Å². The highest BCUT2D eigenvalue weighted by molar-refractivity contribution is 9.10. The van der Waals surface area contributed by atoms with Crippen molar-refractivity contribution in [3.63, 3.8) is 0 Å². The third-order valence-electron chi connectivity index (χ3n) is 3.46. The van der Waals surface area contributed by atoms with Crippen LogP contribution in [0.2, 0.25) is 0 Å². The number of rotatable bonds is 5. The molecule has 6 heteroatoms. The summed E-state index contributed by atoms with van der Waals surface area (Å²) in [5, 5.41) is 5.42. The van der Waals surface area contributed by atoms with Crippen molar-refractivity contribution in [1.82, 2.24) is 10.6 Å². The molecule has 0 saturated carbocycles. The topological polar surface area (TPSA) is 67.4 Å². The van der Waals surface area contributed by atoms with Crippen molar-refractivity contribution < 1.29 is 14.3 Å². The van der Waals surface area contributed by atoms with Crippen molar-refractivity contribution in [2.45, 2.75) is 58.6 Å². The van der Waals surface area contributed by atoms with Crippen molar-refractivity contribution in [1.29, 1.82) is 0 Å². The number of amides is 2. The summed E-state index contributed by atoms with van der Waals surface area (Å²) >= 11 is 3.42. The van der Waals surface area contributed by atoms with E-state index < -0.39 is 17.7 Å². The number of nitrogens with one attached hydrogen (secondary N) is 2. The summed E-state index contributed by atoms with van der Waals surface area (Å²) in [6, 6.07) is 7.34. The second-order valence-electron chi connectivity index (χ2n) is 7.48. The molecule has 2 amide bonds. The predicted octanol–water partition coefficient (Wildman–Crippen LogP) is 3.76. The molecule has 0 aromatic heterocycles. The lowest BCUT2D eigenvalue weighted by Gasteiger charge is -2.27. The standard InChI is InChI=1S/C18H27BrN2O3/c1-12(21-16(23)24-17(2,3)4)15(22)20-11-18(5,6)13-7-9-14(19)10-8-13/h7-10,12H,11H2,1-6H3,(H,20,22)(H,21,23). The number of hydrogen-bond acceptors (Lipinski definition) is 3. The highest BCUT2D eigenvalue weighted by Crippen LogP contribution is 2.24. The number of carbonyl (C=O) groups excluding carboxylic acids is 2. The first-order chi connectivity index (χ1) is 10.9. The van der Waals surface area contributed by atoms with Gasteiger partial charge in [-0.05, 0) is 45.4 Å². The molecule has 1 rings (SSSR count). The van der Waals surface area contributed by atoms with Gasteiger partial charge in [0.25, 0.3) is 0 Å². The SMILES string of the molecule is CC(NC(=O)OC(C)(C)C)C(=O)NCC(C)(C)c1ccc(Br)cc1. The Morgan fingerprint density at radius 2 is 1.67 bits per heavy atom. The molecule has 1 atom stereocenters. The number of carbonyl (C=O) groups is 2. The highest BCUT2D eigenvalue weighted by Gasteiger charge is 2.24. The fourth-order valence-corrected chi connectivity index (χ4v) is 2.28. The van der Waals surface area contributed by atoms with E-state index in [4.69, 9.17) is 4.74 Å². The molecule has 0 spiro atoms. The van der Waals surface area contributed by atoms with E-state index in [1.54, 1.807) is 27.7 Å². The first kappa shape index (κ1) is 20.5. The van der Waals surface area contributed by atoms with Crippen LogP contribution in [-0.4, -0.2) is 30.2 Å². The van der Waals surface area contributed by atoms with Gasteiger partial charge in [-0.3, -0.25) is 4.79 Å². The van der Waals surface area contributed by atoms with Gasteiger partial charge in [0.15, 0.2) is 0 Å². The van der Waals surface area contributed by atoms with E-state index in [1.165, 1.54) is 0 Å². The summed E-state index contributed by atoms with van der Waals surface area (Å²) in [6.45, 7) is 11.5. The fraction of sp³-hybridized carbons (Fsp3) is 0.556. The molecule has 0 bridgehead atoms. The number of hydrogen-bond donors (Lipinski definition) is 2. The van der Waals surface area contributed by atoms with E-state index in [0.29, 0.717) is 6.54 Å². The zero-order chi connectivity index (χ0) is 18.5. The second-order valence-corrected chi connectivity index (χ2v) is 8.39. The molecule has 0 radical (unpaired) electrons. The molecular formula is C18H27BrN2O3. The molecule has 0 saturated heterocycles. The summed E-state index contributed by atoms with van der Waals surface area (Å²) in [5.41, 5.74) is 0.310. The number of halogens is 1. The van der Waals surface area contributed by atoms with Crippen molar-refractivity contribution in [3.05, 3.63) is 34.3 Å².